The highest BCUT2D eigenvalue weighted by Crippen LogP contribution is 3.02. The maximum absolute atomic E-state index is 15.1. The summed E-state index contributed by atoms with van der Waals surface area (Å²) in [6.07, 6.45) is 0. The van der Waals surface area contributed by atoms with Gasteiger partial charge in [0.15, 0.2) is 23.1 Å². The van der Waals surface area contributed by atoms with E-state index in [1.165, 1.54) is 11.0 Å². The Labute approximate surface area is 185 Å². The smallest absolute Gasteiger partial charge is 0.310 e. The Kier molecular flexibility index (Phi) is 5.56. The molecule has 0 amide bonds. The monoisotopic (exact) mass is 497 g/mol. The highest BCUT2D eigenvalue weighted by molar-refractivity contribution is 8.45. The van der Waals surface area contributed by atoms with Gasteiger partial charge in [0.05, 0.1) is 25.3 Å². The van der Waals surface area contributed by atoms with Crippen LogP contribution in [0.1, 0.15) is 35.3 Å². The van der Waals surface area contributed by atoms with Crippen molar-refractivity contribution in [2.24, 2.45) is 0 Å². The number of halogens is 6. The van der Waals surface area contributed by atoms with Crippen molar-refractivity contribution in [2.45, 2.75) is 25.3 Å². The van der Waals surface area contributed by atoms with E-state index in [-0.39, 0.29) is 54.8 Å². The molecule has 1 aliphatic rings. The van der Waals surface area contributed by atoms with E-state index in [9.17, 15) is 24.2 Å². The van der Waals surface area contributed by atoms with Crippen LogP contribution in [0.15, 0.2) is 29.2 Å². The highest BCUT2D eigenvalue weighted by atomic mass is 32.5. The molecule has 0 unspecified atom stereocenters. The molecule has 0 radical (unpaired) electrons. The molecule has 2 aromatic carbocycles. The Morgan fingerprint density at radius 1 is 1.12 bits per heavy atom. The van der Waals surface area contributed by atoms with E-state index < -0.39 is 44.5 Å². The summed E-state index contributed by atoms with van der Waals surface area (Å²) in [5.74, 6) is -2.05. The zero-order chi connectivity index (χ0) is 24.8. The van der Waals surface area contributed by atoms with Crippen LogP contribution >= 0.6 is 10.2 Å². The van der Waals surface area contributed by atoms with Crippen LogP contribution in [0, 0.1) is 11.2 Å². The number of nitrogens with one attached hydrogen (secondary N) is 1. The lowest BCUT2D eigenvalue weighted by Gasteiger charge is -2.40. The maximum atomic E-state index is 15.1. The third-order valence-corrected chi connectivity index (χ3v) is 6.02. The van der Waals surface area contributed by atoms with Crippen LogP contribution < -0.4 is 15.2 Å². The van der Waals surface area contributed by atoms with Crippen LogP contribution in [0.2, 0.25) is 0 Å². The second-order valence-corrected chi connectivity index (χ2v) is 9.67. The molecule has 0 bridgehead atoms. The SMILES string of the molecule is CCOc1cc2c(c(F)c1OCC)C(=N)N(CC(=O)c1ccc(S(F)(F)(F)(F)F)cc1N)C2. The molecule has 0 aromatic heterocycles. The third kappa shape index (κ3) is 4.82. The van der Waals surface area contributed by atoms with Crippen LogP contribution in [-0.2, 0) is 6.54 Å². The van der Waals surface area contributed by atoms with Gasteiger partial charge in [0.1, 0.15) is 10.7 Å². The first-order valence-corrected chi connectivity index (χ1v) is 11.6. The third-order valence-electron chi connectivity index (χ3n) is 4.88. The number of hydrogen-bond donors (Lipinski definition) is 2. The number of benzene rings is 2. The maximum Gasteiger partial charge on any atom is 0.310 e. The minimum atomic E-state index is -9.96. The van der Waals surface area contributed by atoms with Crippen molar-refractivity contribution in [2.75, 3.05) is 25.5 Å². The number of nitrogen functional groups attached to an aromatic ring is 1. The Balaban J connectivity index is 1.88. The van der Waals surface area contributed by atoms with Crippen LogP contribution in [0.4, 0.5) is 29.5 Å². The highest BCUT2D eigenvalue weighted by Gasteiger charge is 2.65. The number of rotatable bonds is 8. The van der Waals surface area contributed by atoms with Gasteiger partial charge < -0.3 is 20.1 Å². The number of ketones is 1. The number of ether oxygens (including phenoxy) is 2. The van der Waals surface area contributed by atoms with E-state index in [4.69, 9.17) is 20.6 Å². The molecule has 1 heterocycles. The molecule has 33 heavy (non-hydrogen) atoms. The largest absolute Gasteiger partial charge is 0.490 e. The first-order valence-electron chi connectivity index (χ1n) is 9.69. The molecule has 3 N–H and O–H groups in total. The van der Waals surface area contributed by atoms with Gasteiger partial charge in [0.25, 0.3) is 0 Å². The van der Waals surface area contributed by atoms with Gasteiger partial charge in [-0.1, -0.05) is 19.4 Å². The number of carbonyl (C=O) groups excluding carboxylic acids is 1. The van der Waals surface area contributed by atoms with Crippen molar-refractivity contribution < 1.29 is 38.1 Å². The van der Waals surface area contributed by atoms with Crippen LogP contribution in [-0.4, -0.2) is 36.3 Å². The minimum absolute atomic E-state index is 0.0151. The Hall–Kier alpha value is -3.09. The second kappa shape index (κ2) is 7.47. The number of hydrogen-bond acceptors (Lipinski definition) is 5. The van der Waals surface area contributed by atoms with Crippen molar-refractivity contribution in [1.29, 1.82) is 5.41 Å². The normalized spacial score (nSPS) is 15.6. The number of nitrogens with zero attached hydrogens (tertiary/aromatic N) is 1. The van der Waals surface area contributed by atoms with Gasteiger partial charge in [-0.25, -0.2) is 4.39 Å². The average molecular weight is 497 g/mol. The Morgan fingerprint density at radius 3 is 2.30 bits per heavy atom. The summed E-state index contributed by atoms with van der Waals surface area (Å²) >= 11 is 0. The number of Topliss-reactive ketones (excluding diaryl/α,β-unsaturated/α-hetero) is 1. The lowest BCUT2D eigenvalue weighted by molar-refractivity contribution is 0.0963. The van der Waals surface area contributed by atoms with Gasteiger partial charge in [-0.15, -0.1) is 0 Å². The lowest BCUT2D eigenvalue weighted by atomic mass is 10.1. The molecule has 0 spiro atoms. The van der Waals surface area contributed by atoms with E-state index in [1.807, 2.05) is 0 Å². The predicted octanol–water partition coefficient (Wildman–Crippen LogP) is 5.89. The van der Waals surface area contributed by atoms with Gasteiger partial charge in [-0.2, -0.15) is 0 Å². The van der Waals surface area contributed by atoms with Gasteiger partial charge in [0, 0.05) is 17.8 Å². The van der Waals surface area contributed by atoms with E-state index in [1.54, 1.807) is 13.8 Å². The molecule has 0 aliphatic carbocycles. The van der Waals surface area contributed by atoms with Crippen molar-refractivity contribution in [3.05, 3.63) is 46.8 Å². The Morgan fingerprint density at radius 2 is 1.76 bits per heavy atom. The number of anilines is 1. The summed E-state index contributed by atoms with van der Waals surface area (Å²) in [5, 5.41) is 8.27. The average Bonchev–Trinajstić information content (AvgIpc) is 2.98. The van der Waals surface area contributed by atoms with Crippen molar-refractivity contribution in [1.82, 2.24) is 4.90 Å². The summed E-state index contributed by atoms with van der Waals surface area (Å²) in [4.78, 5) is 11.6. The van der Waals surface area contributed by atoms with E-state index in [0.29, 0.717) is 11.6 Å². The van der Waals surface area contributed by atoms with Crippen LogP contribution in [0.5, 0.6) is 11.5 Å². The second-order valence-electron chi connectivity index (χ2n) is 7.26. The minimum Gasteiger partial charge on any atom is -0.490 e. The quantitative estimate of drug-likeness (QED) is 0.270. The molecule has 2 aromatic rings. The van der Waals surface area contributed by atoms with Gasteiger partial charge in [0.2, 0.25) is 0 Å². The molecule has 6 nitrogen and oxygen atoms in total. The topological polar surface area (TPSA) is 88.6 Å². The fourth-order valence-corrected chi connectivity index (χ4v) is 4.13. The first-order chi connectivity index (χ1) is 15.1. The van der Waals surface area contributed by atoms with Crippen molar-refractivity contribution >= 4 is 27.5 Å². The van der Waals surface area contributed by atoms with Gasteiger partial charge in [-0.05, 0) is 43.7 Å². The molecule has 182 valence electrons. The zero-order valence-electron chi connectivity index (χ0n) is 17.6. The summed E-state index contributed by atoms with van der Waals surface area (Å²) in [6.45, 7) is 3.10. The molecule has 0 saturated heterocycles. The summed E-state index contributed by atoms with van der Waals surface area (Å²) in [5.41, 5.74) is 4.51. The van der Waals surface area contributed by atoms with E-state index >= 15 is 4.39 Å². The van der Waals surface area contributed by atoms with Crippen LogP contribution in [0.3, 0.4) is 0 Å². The molecule has 13 heteroatoms. The summed E-state index contributed by atoms with van der Waals surface area (Å²) in [6, 6.07) is 2.17. The Bertz CT molecular complexity index is 1160. The molecule has 0 saturated carbocycles. The van der Waals surface area contributed by atoms with Crippen molar-refractivity contribution in [3.8, 4) is 11.5 Å². The van der Waals surface area contributed by atoms with Gasteiger partial charge >= 0.3 is 10.2 Å². The fourth-order valence-electron chi connectivity index (χ4n) is 3.45. The van der Waals surface area contributed by atoms with Crippen LogP contribution in [0.25, 0.3) is 0 Å². The molecular weight excluding hydrogens is 476 g/mol. The van der Waals surface area contributed by atoms with Gasteiger partial charge in [-0.3, -0.25) is 10.2 Å². The number of nitrogens with two attached hydrogens (primary N) is 1. The van der Waals surface area contributed by atoms with E-state index in [2.05, 4.69) is 0 Å². The molecule has 0 atom stereocenters. The van der Waals surface area contributed by atoms with Crippen molar-refractivity contribution in [3.63, 3.8) is 0 Å². The number of carbonyl (C=O) groups is 1. The van der Waals surface area contributed by atoms with E-state index in [0.717, 1.165) is 0 Å². The fraction of sp³-hybridized carbons (Fsp3) is 0.300. The number of amidine groups is 1. The lowest BCUT2D eigenvalue weighted by Crippen LogP contribution is -2.31. The predicted molar refractivity (Wildman–Crippen MR) is 113 cm³/mol. The molecule has 1 aliphatic heterocycles. The number of fused-ring (bicyclic) bond motifs is 1. The standard InChI is InChI=1S/C20H21F6N3O3S/c1-3-31-16-7-11-9-29(20(28)17(11)18(21)19(16)32-4-2)10-15(30)13-6-5-12(8-14(13)27)33(22,23,24,25)26/h5-8,28H,3-4,9-10,27H2,1-2H3. The molecular formula is C20H21F6N3O3S. The first kappa shape index (κ1) is 24.6. The molecule has 0 fully saturated rings. The zero-order valence-corrected chi connectivity index (χ0v) is 18.4. The molecule has 3 rings (SSSR count). The summed E-state index contributed by atoms with van der Waals surface area (Å²) < 4.78 is 90.6. The summed E-state index contributed by atoms with van der Waals surface area (Å²) in [7, 11) is -9.96.